The third-order valence-electron chi connectivity index (χ3n) is 11.9. The molecule has 0 amide bonds. The van der Waals surface area contributed by atoms with Crippen molar-refractivity contribution in [2.45, 2.75) is 87.6 Å². The van der Waals surface area contributed by atoms with Gasteiger partial charge in [-0.3, -0.25) is 4.84 Å². The predicted molar refractivity (Wildman–Crippen MR) is 218 cm³/mol. The van der Waals surface area contributed by atoms with Crippen molar-refractivity contribution in [2.75, 3.05) is 0 Å². The van der Waals surface area contributed by atoms with Gasteiger partial charge in [-0.25, -0.2) is 0 Å². The number of fused-ring (bicyclic) bond motifs is 1. The molecule has 5 aromatic carbocycles. The maximum atomic E-state index is 14.2. The van der Waals surface area contributed by atoms with Crippen LogP contribution >= 0.6 is 0 Å². The first-order chi connectivity index (χ1) is 33.7. The average Bonchev–Trinajstić information content (AvgIpc) is 3.27. The van der Waals surface area contributed by atoms with E-state index in [0.29, 0.717) is 6.10 Å². The molecular formula is C47H30BF24NO. The maximum absolute atomic E-state index is 14.2. The standard InChI is InChI=1S/C32H12BF24.C15H18NO/c34-25(35,36)13-1-14(26(37,38)39)6-21(5-13)33(22-7-15(27(40,41)42)2-16(8-22)28(43,44)45,23-9-17(29(46,47)48)3-18(10-23)30(49,50)51)24-11-19(31(52,53)54)4-20(12-24)32(55,56)57;1-2-9-14(10-3-1)17-16-12-6-8-13-7-4-5-11-15(13)16/h1-12H;4-8,11-12,14H,1-3,9-10H2/q-1;+1. The molecule has 0 bridgehead atoms. The number of alkyl halides is 24. The van der Waals surface area contributed by atoms with Gasteiger partial charge in [-0.15, -0.1) is 0 Å². The molecule has 1 heterocycles. The molecule has 0 spiro atoms. The Bertz CT molecular complexity index is 2530. The van der Waals surface area contributed by atoms with Crippen molar-refractivity contribution in [3.05, 3.63) is 160 Å². The molecular weight excluding hydrogens is 1060 g/mol. The summed E-state index contributed by atoms with van der Waals surface area (Å²) in [7, 11) is 0. The van der Waals surface area contributed by atoms with E-state index in [1.165, 1.54) is 37.5 Å². The van der Waals surface area contributed by atoms with Crippen LogP contribution in [0.3, 0.4) is 0 Å². The van der Waals surface area contributed by atoms with Gasteiger partial charge in [0.1, 0.15) is 6.15 Å². The summed E-state index contributed by atoms with van der Waals surface area (Å²) in [5, 5.41) is 1.23. The maximum Gasteiger partial charge on any atom is 0.416 e. The Balaban J connectivity index is 0.000000436. The number of hydrogen-bond acceptors (Lipinski definition) is 1. The number of nitrogens with zero attached hydrogens (tertiary/aromatic N) is 1. The molecule has 1 aromatic heterocycles. The van der Waals surface area contributed by atoms with E-state index >= 15 is 0 Å². The predicted octanol–water partition coefficient (Wildman–Crippen LogP) is 14.1. The van der Waals surface area contributed by atoms with Crippen LogP contribution < -0.4 is 31.4 Å². The number of benzene rings is 5. The van der Waals surface area contributed by atoms with Gasteiger partial charge in [0, 0.05) is 16.9 Å². The monoisotopic (exact) mass is 1090 g/mol. The van der Waals surface area contributed by atoms with Gasteiger partial charge in [-0.05, 0) is 62.1 Å². The second-order valence-electron chi connectivity index (χ2n) is 17.0. The molecule has 6 aromatic rings. The lowest BCUT2D eigenvalue weighted by atomic mass is 9.12. The van der Waals surface area contributed by atoms with E-state index in [1.807, 2.05) is 17.0 Å². The van der Waals surface area contributed by atoms with Crippen molar-refractivity contribution in [2.24, 2.45) is 0 Å². The number of aromatic nitrogens is 1. The largest absolute Gasteiger partial charge is 0.416 e. The minimum Gasteiger partial charge on any atom is -0.268 e. The average molecular weight is 1090 g/mol. The van der Waals surface area contributed by atoms with Gasteiger partial charge in [0.25, 0.3) is 5.52 Å². The number of halogens is 24. The molecule has 1 fully saturated rings. The first-order valence-electron chi connectivity index (χ1n) is 21.1. The molecule has 2 nitrogen and oxygen atoms in total. The van der Waals surface area contributed by atoms with Crippen LogP contribution in [0.15, 0.2) is 115 Å². The zero-order valence-corrected chi connectivity index (χ0v) is 36.6. The normalized spacial score (nSPS) is 15.0. The third-order valence-corrected chi connectivity index (χ3v) is 11.9. The molecule has 7 rings (SSSR count). The Morgan fingerprint density at radius 2 is 0.595 bits per heavy atom. The van der Waals surface area contributed by atoms with Crippen molar-refractivity contribution in [3.63, 3.8) is 0 Å². The molecule has 1 saturated carbocycles. The molecule has 0 unspecified atom stereocenters. The Labute approximate surface area is 401 Å². The fourth-order valence-electron chi connectivity index (χ4n) is 8.63. The minimum atomic E-state index is -6.13. The highest BCUT2D eigenvalue weighted by atomic mass is 19.4. The Morgan fingerprint density at radius 3 is 0.865 bits per heavy atom. The number of rotatable bonds is 6. The third kappa shape index (κ3) is 12.8. The van der Waals surface area contributed by atoms with Gasteiger partial charge in [-0.1, -0.05) is 67.1 Å². The van der Waals surface area contributed by atoms with Gasteiger partial charge in [-0.2, -0.15) is 127 Å². The molecule has 1 aliphatic rings. The van der Waals surface area contributed by atoms with Crippen LogP contribution in [-0.4, -0.2) is 12.2 Å². The molecule has 1 aliphatic carbocycles. The molecule has 74 heavy (non-hydrogen) atoms. The van der Waals surface area contributed by atoms with E-state index in [9.17, 15) is 105 Å². The number of hydrogen-bond donors (Lipinski definition) is 0. The van der Waals surface area contributed by atoms with Crippen molar-refractivity contribution < 1.29 is 115 Å². The summed E-state index contributed by atoms with van der Waals surface area (Å²) in [4.78, 5) is 6.09. The highest BCUT2D eigenvalue weighted by molar-refractivity contribution is 7.20. The molecule has 0 atom stereocenters. The van der Waals surface area contributed by atoms with Crippen LogP contribution in [0.5, 0.6) is 0 Å². The molecule has 0 radical (unpaired) electrons. The van der Waals surface area contributed by atoms with Crippen LogP contribution in [0.25, 0.3) is 10.9 Å². The number of para-hydroxylation sites is 1. The Hall–Kier alpha value is -6.31. The summed E-state index contributed by atoms with van der Waals surface area (Å²) in [5.74, 6) is 0. The first kappa shape index (κ1) is 57.0. The van der Waals surface area contributed by atoms with E-state index in [2.05, 4.69) is 30.3 Å². The fourth-order valence-corrected chi connectivity index (χ4v) is 8.63. The van der Waals surface area contributed by atoms with Crippen LogP contribution in [-0.2, 0) is 49.4 Å². The van der Waals surface area contributed by atoms with Gasteiger partial charge >= 0.3 is 49.4 Å². The van der Waals surface area contributed by atoms with Crippen LogP contribution in [0, 0.1) is 0 Å². The number of pyridine rings is 1. The molecule has 0 N–H and O–H groups in total. The molecule has 0 saturated heterocycles. The lowest BCUT2D eigenvalue weighted by Gasteiger charge is -2.46. The van der Waals surface area contributed by atoms with Crippen molar-refractivity contribution in [1.82, 2.24) is 0 Å². The zero-order chi connectivity index (χ0) is 55.4. The summed E-state index contributed by atoms with van der Waals surface area (Å²) < 4.78 is 343. The zero-order valence-electron chi connectivity index (χ0n) is 36.6. The van der Waals surface area contributed by atoms with E-state index in [0.717, 1.165) is 5.52 Å². The van der Waals surface area contributed by atoms with Crippen molar-refractivity contribution in [3.8, 4) is 0 Å². The minimum absolute atomic E-state index is 0.388. The first-order valence-corrected chi connectivity index (χ1v) is 21.1. The van der Waals surface area contributed by atoms with Gasteiger partial charge in [0.2, 0.25) is 6.20 Å². The molecule has 0 aliphatic heterocycles. The topological polar surface area (TPSA) is 13.1 Å². The molecule has 400 valence electrons. The van der Waals surface area contributed by atoms with Crippen LogP contribution in [0.1, 0.15) is 76.6 Å². The second-order valence-corrected chi connectivity index (χ2v) is 17.0. The Kier molecular flexibility index (Phi) is 15.2. The Morgan fingerprint density at radius 1 is 0.338 bits per heavy atom. The summed E-state index contributed by atoms with van der Waals surface area (Å²) in [6.45, 7) is 0. The highest BCUT2D eigenvalue weighted by Gasteiger charge is 2.47. The van der Waals surface area contributed by atoms with E-state index < -0.39 is 195 Å². The lowest BCUT2D eigenvalue weighted by Crippen LogP contribution is -2.75. The molecule has 27 heteroatoms. The highest BCUT2D eigenvalue weighted by Crippen LogP contribution is 2.41. The van der Waals surface area contributed by atoms with E-state index in [1.54, 1.807) is 0 Å². The van der Waals surface area contributed by atoms with E-state index in [-0.39, 0.29) is 0 Å². The smallest absolute Gasteiger partial charge is 0.268 e. The van der Waals surface area contributed by atoms with Gasteiger partial charge in [0.05, 0.1) is 49.9 Å². The SMILES string of the molecule is FC(F)(F)c1cc([B-](c2cc(C(F)(F)F)cc(C(F)(F)F)c2)(c2cc(C(F)(F)F)cc(C(F)(F)F)c2)c2cc(C(F)(F)F)cc(C(F)(F)F)c2)cc(C(F)(F)F)c1.c1ccc2c(c1)ccc[n+]2OC1CCCCC1. The van der Waals surface area contributed by atoms with Gasteiger partial charge in [0.15, 0.2) is 6.10 Å². The van der Waals surface area contributed by atoms with Crippen LogP contribution in [0.4, 0.5) is 105 Å². The summed E-state index contributed by atoms with van der Waals surface area (Å²) in [6.07, 6.45) is -46.1. The van der Waals surface area contributed by atoms with Gasteiger partial charge < -0.3 is 0 Å². The lowest BCUT2D eigenvalue weighted by molar-refractivity contribution is -0.879. The van der Waals surface area contributed by atoms with E-state index in [4.69, 9.17) is 4.84 Å². The summed E-state index contributed by atoms with van der Waals surface area (Å²) in [5.41, 5.74) is -29.1. The van der Waals surface area contributed by atoms with Crippen molar-refractivity contribution >= 4 is 38.9 Å². The quantitative estimate of drug-likeness (QED) is 0.0920. The van der Waals surface area contributed by atoms with Crippen LogP contribution in [0.2, 0.25) is 0 Å². The summed E-state index contributed by atoms with van der Waals surface area (Å²) in [6, 6.07) is 3.71. The fraction of sp³-hybridized carbons (Fsp3) is 0.298. The second kappa shape index (κ2) is 19.8. The summed E-state index contributed by atoms with van der Waals surface area (Å²) >= 11 is 0. The van der Waals surface area contributed by atoms with Crippen molar-refractivity contribution in [1.29, 1.82) is 0 Å².